The molecule has 296 valence electrons. The van der Waals surface area contributed by atoms with Gasteiger partial charge in [0.25, 0.3) is 5.91 Å². The largest absolute Gasteiger partial charge is 0.455 e. The molecule has 3 amide bonds. The van der Waals surface area contributed by atoms with Gasteiger partial charge >= 0.3 is 5.97 Å². The molecular weight excluding hydrogens is 723 g/mol. The minimum atomic E-state index is -1.39. The van der Waals surface area contributed by atoms with Crippen LogP contribution in [0.1, 0.15) is 49.0 Å². The van der Waals surface area contributed by atoms with E-state index in [0.29, 0.717) is 36.1 Å². The third-order valence-electron chi connectivity index (χ3n) is 11.6. The maximum Gasteiger partial charge on any atom is 0.313 e. The maximum absolute atomic E-state index is 15.3. The summed E-state index contributed by atoms with van der Waals surface area (Å²) in [4.78, 5) is 61.3. The lowest BCUT2D eigenvalue weighted by molar-refractivity contribution is -0.163. The van der Waals surface area contributed by atoms with Crippen LogP contribution in [0.4, 0.5) is 5.69 Å². The van der Waals surface area contributed by atoms with Gasteiger partial charge in [-0.15, -0.1) is 13.2 Å². The van der Waals surface area contributed by atoms with E-state index < -0.39 is 72.2 Å². The first-order chi connectivity index (χ1) is 27.8. The zero-order chi connectivity index (χ0) is 40.1. The van der Waals surface area contributed by atoms with Crippen LogP contribution < -0.4 is 10.2 Å². The third kappa shape index (κ3) is 7.50. The Labute approximate surface area is 332 Å². The molecule has 0 unspecified atom stereocenters. The molecule has 0 aliphatic carbocycles. The molecule has 3 fully saturated rings. The Morgan fingerprint density at radius 1 is 0.965 bits per heavy atom. The number of methoxy groups -OCH3 is 1. The van der Waals surface area contributed by atoms with E-state index in [0.717, 1.165) is 10.8 Å². The number of hydrogen-bond donors (Lipinski definition) is 2. The summed E-state index contributed by atoms with van der Waals surface area (Å²) in [5.41, 5.74) is 0.479. The van der Waals surface area contributed by atoms with E-state index in [-0.39, 0.29) is 25.5 Å². The normalized spacial score (nSPS) is 23.7. The number of allylic oxidation sites excluding steroid dienone is 1. The van der Waals surface area contributed by atoms with Crippen LogP contribution in [0.2, 0.25) is 0 Å². The van der Waals surface area contributed by atoms with Crippen molar-refractivity contribution in [1.29, 1.82) is 0 Å². The summed E-state index contributed by atoms with van der Waals surface area (Å²) in [6.07, 6.45) is 3.01. The van der Waals surface area contributed by atoms with E-state index in [2.05, 4.69) is 18.5 Å². The van der Waals surface area contributed by atoms with Crippen LogP contribution >= 0.6 is 0 Å². The maximum atomic E-state index is 15.3. The Hall–Kier alpha value is -5.62. The Kier molecular flexibility index (Phi) is 12.0. The molecule has 3 aliphatic heterocycles. The van der Waals surface area contributed by atoms with Crippen molar-refractivity contribution in [2.24, 2.45) is 11.8 Å². The molecule has 11 heteroatoms. The van der Waals surface area contributed by atoms with E-state index in [1.807, 2.05) is 78.9 Å². The summed E-state index contributed by atoms with van der Waals surface area (Å²) >= 11 is 0. The predicted molar refractivity (Wildman–Crippen MR) is 216 cm³/mol. The van der Waals surface area contributed by atoms with Crippen LogP contribution in [0, 0.1) is 11.8 Å². The van der Waals surface area contributed by atoms with Gasteiger partial charge < -0.3 is 34.4 Å². The first-order valence-corrected chi connectivity index (χ1v) is 19.5. The van der Waals surface area contributed by atoms with Crippen molar-refractivity contribution >= 4 is 40.2 Å². The molecule has 4 aromatic rings. The van der Waals surface area contributed by atoms with E-state index in [9.17, 15) is 14.7 Å². The first kappa shape index (κ1) is 39.6. The second kappa shape index (κ2) is 17.3. The molecular formula is C46H49N3O8. The van der Waals surface area contributed by atoms with Gasteiger partial charge in [-0.1, -0.05) is 103 Å². The highest BCUT2D eigenvalue weighted by Crippen LogP contribution is 2.60. The van der Waals surface area contributed by atoms with Gasteiger partial charge in [0, 0.05) is 25.8 Å². The van der Waals surface area contributed by atoms with Crippen molar-refractivity contribution < 1.29 is 38.5 Å². The topological polar surface area (TPSA) is 135 Å². The van der Waals surface area contributed by atoms with Gasteiger partial charge in [-0.2, -0.15) is 0 Å². The van der Waals surface area contributed by atoms with Crippen molar-refractivity contribution in [1.82, 2.24) is 10.2 Å². The summed E-state index contributed by atoms with van der Waals surface area (Å²) in [7, 11) is 1.50. The molecule has 8 atom stereocenters. The number of amides is 3. The average Bonchev–Trinajstić information content (AvgIpc) is 3.89. The number of carbonyl (C=O) groups excluding carboxylic acids is 4. The van der Waals surface area contributed by atoms with Gasteiger partial charge in [0.15, 0.2) is 0 Å². The van der Waals surface area contributed by atoms with Gasteiger partial charge in [0.1, 0.15) is 17.7 Å². The summed E-state index contributed by atoms with van der Waals surface area (Å²) in [6.45, 7) is 7.35. The van der Waals surface area contributed by atoms with Gasteiger partial charge in [0.2, 0.25) is 11.8 Å². The van der Waals surface area contributed by atoms with E-state index in [4.69, 9.17) is 14.2 Å². The highest BCUT2D eigenvalue weighted by molar-refractivity contribution is 6.05. The van der Waals surface area contributed by atoms with Gasteiger partial charge in [-0.3, -0.25) is 19.2 Å². The molecule has 1 spiro atoms. The standard InChI is InChI=1S/C46H49N3O8/c1-4-6-21-38(51)47-35(29-55-3)41(32-18-11-8-12-19-32)56-45(54)39-37-24-25-46(57-37)40(39)43(52)49(36(28-50)31-16-9-7-10-17-31)42(46)44(53)48(26-5-2)34-23-22-30-15-13-14-20-33(30)27-34/h4-5,7-20,22-23,27,35-37,39-42,50H,1-2,6,21,24-26,28-29H2,3H3,(H,47,51)/t35-,36-,37-,39+,40+,41-,42-,46+/m1/s1. The number of benzene rings is 4. The molecule has 2 bridgehead atoms. The molecule has 3 saturated heterocycles. The van der Waals surface area contributed by atoms with Crippen LogP contribution in [0.15, 0.2) is 128 Å². The van der Waals surface area contributed by atoms with E-state index >= 15 is 9.59 Å². The number of rotatable bonds is 17. The van der Waals surface area contributed by atoms with Crippen LogP contribution in [0.5, 0.6) is 0 Å². The fourth-order valence-electron chi connectivity index (χ4n) is 9.07. The Bertz CT molecular complexity index is 2110. The van der Waals surface area contributed by atoms with Gasteiger partial charge in [-0.05, 0) is 53.3 Å². The summed E-state index contributed by atoms with van der Waals surface area (Å²) in [5.74, 6) is -3.97. The van der Waals surface area contributed by atoms with E-state index in [1.54, 1.807) is 41.3 Å². The molecule has 0 aromatic heterocycles. The molecule has 57 heavy (non-hydrogen) atoms. The fourth-order valence-corrected chi connectivity index (χ4v) is 9.07. The first-order valence-electron chi connectivity index (χ1n) is 19.5. The summed E-state index contributed by atoms with van der Waals surface area (Å²) < 4.78 is 18.7. The quantitative estimate of drug-likeness (QED) is 0.101. The zero-order valence-corrected chi connectivity index (χ0v) is 32.1. The minimum absolute atomic E-state index is 0.0388. The molecule has 2 N–H and O–H groups in total. The monoisotopic (exact) mass is 771 g/mol. The lowest BCUT2D eigenvalue weighted by Crippen LogP contribution is -2.57. The number of hydrogen-bond acceptors (Lipinski definition) is 8. The number of esters is 1. The number of ether oxygens (including phenoxy) is 3. The number of fused-ring (bicyclic) bond motifs is 2. The molecule has 11 nitrogen and oxygen atoms in total. The summed E-state index contributed by atoms with van der Waals surface area (Å²) in [5, 5.41) is 15.9. The van der Waals surface area contributed by atoms with Gasteiger partial charge in [-0.25, -0.2) is 0 Å². The number of aliphatic hydroxyl groups excluding tert-OH is 1. The predicted octanol–water partition coefficient (Wildman–Crippen LogP) is 5.85. The average molecular weight is 772 g/mol. The Morgan fingerprint density at radius 2 is 1.65 bits per heavy atom. The van der Waals surface area contributed by atoms with E-state index in [1.165, 1.54) is 12.0 Å². The Balaban J connectivity index is 1.28. The number of likely N-dealkylation sites (tertiary alicyclic amines) is 1. The second-order valence-electron chi connectivity index (χ2n) is 14.9. The molecule has 3 heterocycles. The zero-order valence-electron chi connectivity index (χ0n) is 32.1. The highest BCUT2D eigenvalue weighted by Gasteiger charge is 2.76. The Morgan fingerprint density at radius 3 is 2.32 bits per heavy atom. The van der Waals surface area contributed by atoms with Crippen LogP contribution in [-0.2, 0) is 33.4 Å². The summed E-state index contributed by atoms with van der Waals surface area (Å²) in [6, 6.07) is 28.8. The smallest absolute Gasteiger partial charge is 0.313 e. The lowest BCUT2D eigenvalue weighted by Gasteiger charge is -2.39. The lowest BCUT2D eigenvalue weighted by atomic mass is 9.70. The molecule has 0 saturated carbocycles. The second-order valence-corrected chi connectivity index (χ2v) is 14.9. The van der Waals surface area contributed by atoms with Crippen LogP contribution in [-0.4, -0.2) is 84.4 Å². The van der Waals surface area contributed by atoms with Crippen molar-refractivity contribution in [3.8, 4) is 0 Å². The SMILES string of the molecule is C=CCCC(=O)N[C@H](COC)[C@H](OC(=O)[C@@H]1[C@H]2C(=O)N([C@H](CO)c3ccccc3)[C@H](C(=O)N(CC=C)c3ccc4ccccc4c3)[C@]23CC[C@H]1O3)c1ccccc1. The fraction of sp³-hybridized carbons (Fsp3) is 0.348. The van der Waals surface area contributed by atoms with Crippen LogP contribution in [0.3, 0.4) is 0 Å². The third-order valence-corrected chi connectivity index (χ3v) is 11.6. The molecule has 3 aliphatic rings. The number of carbonyl (C=O) groups is 4. The van der Waals surface area contributed by atoms with Crippen molar-refractivity contribution in [2.45, 2.75) is 61.6 Å². The highest BCUT2D eigenvalue weighted by atomic mass is 16.6. The van der Waals surface area contributed by atoms with Crippen molar-refractivity contribution in [2.75, 3.05) is 31.8 Å². The van der Waals surface area contributed by atoms with Crippen molar-refractivity contribution in [3.63, 3.8) is 0 Å². The number of nitrogens with zero attached hydrogens (tertiary/aromatic N) is 2. The van der Waals surface area contributed by atoms with Gasteiger partial charge in [0.05, 0.1) is 43.2 Å². The molecule has 0 radical (unpaired) electrons. The minimum Gasteiger partial charge on any atom is -0.455 e. The molecule has 4 aromatic carbocycles. The molecule has 7 rings (SSSR count). The van der Waals surface area contributed by atoms with Crippen LogP contribution in [0.25, 0.3) is 10.8 Å². The number of anilines is 1. The number of nitrogens with one attached hydrogen (secondary N) is 1. The van der Waals surface area contributed by atoms with Crippen molar-refractivity contribution in [3.05, 3.63) is 140 Å². The number of aliphatic hydroxyl groups is 1.